The zero-order valence-electron chi connectivity index (χ0n) is 19.7. The lowest BCUT2D eigenvalue weighted by Crippen LogP contribution is -2.45. The molecule has 2 rings (SSSR count). The van der Waals surface area contributed by atoms with Crippen molar-refractivity contribution in [2.45, 2.75) is 33.2 Å². The highest BCUT2D eigenvalue weighted by atomic mass is 16.6. The average Bonchev–Trinajstić information content (AvgIpc) is 3.07. The number of nitro benzene ring substituents is 1. The fourth-order valence-corrected chi connectivity index (χ4v) is 3.63. The van der Waals surface area contributed by atoms with Crippen LogP contribution in [0.2, 0.25) is 0 Å². The van der Waals surface area contributed by atoms with Gasteiger partial charge in [0.25, 0.3) is 5.69 Å². The van der Waals surface area contributed by atoms with E-state index < -0.39 is 44.9 Å². The van der Waals surface area contributed by atoms with Crippen LogP contribution in [0.3, 0.4) is 0 Å². The van der Waals surface area contributed by atoms with Gasteiger partial charge in [-0.2, -0.15) is 5.26 Å². The van der Waals surface area contributed by atoms with Gasteiger partial charge in [-0.1, -0.05) is 12.1 Å². The third kappa shape index (κ3) is 4.47. The molecule has 1 aliphatic rings. The molecular weight excluding hydrogens is 446 g/mol. The largest absolute Gasteiger partial charge is 0.465 e. The van der Waals surface area contributed by atoms with Gasteiger partial charge in [-0.25, -0.2) is 14.4 Å². The topological polar surface area (TPSA) is 158 Å². The van der Waals surface area contributed by atoms with Crippen molar-refractivity contribution in [3.8, 4) is 6.07 Å². The summed E-state index contributed by atoms with van der Waals surface area (Å²) >= 11 is 0. The van der Waals surface area contributed by atoms with Gasteiger partial charge < -0.3 is 19.5 Å². The summed E-state index contributed by atoms with van der Waals surface area (Å²) in [6.45, 7) is 6.55. The number of benzene rings is 1. The number of ether oxygens (including phenoxy) is 3. The molecule has 1 unspecified atom stereocenters. The van der Waals surface area contributed by atoms with Gasteiger partial charge in [-0.15, -0.1) is 0 Å². The van der Waals surface area contributed by atoms with E-state index in [0.29, 0.717) is 0 Å². The van der Waals surface area contributed by atoms with Crippen LogP contribution in [-0.4, -0.2) is 49.2 Å². The SMILES string of the molecule is CCOC(=O)C1(C#N)C(NC(C)(C)C)=C(C(=O)OC)C(C(=O)OC)=C1c1cccc([N+](=O)[O-])c1. The van der Waals surface area contributed by atoms with Gasteiger partial charge in [0, 0.05) is 23.2 Å². The highest BCUT2D eigenvalue weighted by Crippen LogP contribution is 2.53. The van der Waals surface area contributed by atoms with Crippen LogP contribution in [0.4, 0.5) is 5.69 Å². The number of nitro groups is 1. The van der Waals surface area contributed by atoms with E-state index in [-0.39, 0.29) is 29.1 Å². The summed E-state index contributed by atoms with van der Waals surface area (Å²) < 4.78 is 15.0. The number of hydrogen-bond donors (Lipinski definition) is 1. The molecule has 0 heterocycles. The normalized spacial score (nSPS) is 17.7. The Balaban J connectivity index is 3.16. The Morgan fingerprint density at radius 3 is 2.21 bits per heavy atom. The van der Waals surface area contributed by atoms with E-state index in [2.05, 4.69) is 5.32 Å². The average molecular weight is 471 g/mol. The van der Waals surface area contributed by atoms with Crippen molar-refractivity contribution in [1.29, 1.82) is 5.26 Å². The Hall–Kier alpha value is -4.20. The first-order valence-corrected chi connectivity index (χ1v) is 10.2. The van der Waals surface area contributed by atoms with Crippen LogP contribution in [0.1, 0.15) is 33.3 Å². The van der Waals surface area contributed by atoms with E-state index in [4.69, 9.17) is 14.2 Å². The summed E-state index contributed by atoms with van der Waals surface area (Å²) in [6.07, 6.45) is 0. The first-order chi connectivity index (χ1) is 15.9. The maximum atomic E-state index is 13.4. The molecule has 0 saturated carbocycles. The van der Waals surface area contributed by atoms with E-state index in [1.165, 1.54) is 25.1 Å². The Kier molecular flexibility index (Phi) is 7.47. The molecule has 1 aromatic carbocycles. The van der Waals surface area contributed by atoms with Gasteiger partial charge in [0.15, 0.2) is 0 Å². The third-order valence-electron chi connectivity index (χ3n) is 4.87. The van der Waals surface area contributed by atoms with E-state index in [1.54, 1.807) is 20.8 Å². The lowest BCUT2D eigenvalue weighted by molar-refractivity contribution is -0.384. The van der Waals surface area contributed by atoms with Crippen LogP contribution in [-0.2, 0) is 28.6 Å². The summed E-state index contributed by atoms with van der Waals surface area (Å²) in [5.74, 6) is -3.14. The van der Waals surface area contributed by atoms with E-state index in [0.717, 1.165) is 20.3 Å². The summed E-state index contributed by atoms with van der Waals surface area (Å²) in [7, 11) is 2.13. The van der Waals surface area contributed by atoms with E-state index >= 15 is 0 Å². The Morgan fingerprint density at radius 1 is 1.15 bits per heavy atom. The number of nitrogens with zero attached hydrogens (tertiary/aromatic N) is 2. The van der Waals surface area contributed by atoms with Gasteiger partial charge >= 0.3 is 17.9 Å². The van der Waals surface area contributed by atoms with E-state index in [1.807, 2.05) is 6.07 Å². The van der Waals surface area contributed by atoms with Gasteiger partial charge in [0.2, 0.25) is 5.41 Å². The molecule has 0 aliphatic heterocycles. The molecule has 11 nitrogen and oxygen atoms in total. The van der Waals surface area contributed by atoms with Crippen molar-refractivity contribution in [3.63, 3.8) is 0 Å². The molecule has 180 valence electrons. The van der Waals surface area contributed by atoms with Crippen LogP contribution < -0.4 is 5.32 Å². The molecule has 0 bridgehead atoms. The molecule has 0 amide bonds. The highest BCUT2D eigenvalue weighted by molar-refractivity contribution is 6.21. The molecule has 1 N–H and O–H groups in total. The maximum absolute atomic E-state index is 13.4. The second-order valence-electron chi connectivity index (χ2n) is 8.25. The number of nitriles is 1. The van der Waals surface area contributed by atoms with Crippen molar-refractivity contribution in [3.05, 3.63) is 56.8 Å². The highest BCUT2D eigenvalue weighted by Gasteiger charge is 2.59. The van der Waals surface area contributed by atoms with Crippen LogP contribution >= 0.6 is 0 Å². The molecule has 0 saturated heterocycles. The van der Waals surface area contributed by atoms with E-state index in [9.17, 15) is 29.8 Å². The van der Waals surface area contributed by atoms with Crippen LogP contribution in [0, 0.1) is 26.9 Å². The van der Waals surface area contributed by atoms with Crippen molar-refractivity contribution < 1.29 is 33.5 Å². The summed E-state index contributed by atoms with van der Waals surface area (Å²) in [4.78, 5) is 50.1. The zero-order valence-corrected chi connectivity index (χ0v) is 19.7. The lowest BCUT2D eigenvalue weighted by atomic mass is 9.76. The summed E-state index contributed by atoms with van der Waals surface area (Å²) in [6, 6.07) is 6.92. The molecule has 1 aliphatic carbocycles. The van der Waals surface area contributed by atoms with Crippen molar-refractivity contribution in [2.24, 2.45) is 5.41 Å². The first-order valence-electron chi connectivity index (χ1n) is 10.2. The quantitative estimate of drug-likeness (QED) is 0.271. The molecule has 0 fully saturated rings. The number of non-ortho nitro benzene ring substituents is 1. The summed E-state index contributed by atoms with van der Waals surface area (Å²) in [5.41, 5.74) is -4.89. The number of hydrogen-bond acceptors (Lipinski definition) is 10. The number of nitrogens with one attached hydrogen (secondary N) is 1. The molecular formula is C23H25N3O8. The fraction of sp³-hybridized carbons (Fsp3) is 0.391. The minimum Gasteiger partial charge on any atom is -0.465 e. The predicted octanol–water partition coefficient (Wildman–Crippen LogP) is 2.42. The van der Waals surface area contributed by atoms with Crippen LogP contribution in [0.25, 0.3) is 5.57 Å². The second kappa shape index (κ2) is 9.74. The number of esters is 3. The number of carbonyl (C=O) groups excluding carboxylic acids is 3. The lowest BCUT2D eigenvalue weighted by Gasteiger charge is -2.32. The smallest absolute Gasteiger partial charge is 0.340 e. The number of methoxy groups -OCH3 is 2. The predicted molar refractivity (Wildman–Crippen MR) is 119 cm³/mol. The van der Waals surface area contributed by atoms with Crippen LogP contribution in [0.5, 0.6) is 0 Å². The molecule has 34 heavy (non-hydrogen) atoms. The molecule has 0 aromatic heterocycles. The van der Waals surface area contributed by atoms with Crippen molar-refractivity contribution in [2.75, 3.05) is 20.8 Å². The minimum absolute atomic E-state index is 0.0173. The number of carbonyl (C=O) groups is 3. The van der Waals surface area contributed by atoms with Gasteiger partial charge in [0.1, 0.15) is 0 Å². The molecule has 1 atom stereocenters. The zero-order chi connectivity index (χ0) is 25.8. The van der Waals surface area contributed by atoms with Gasteiger partial charge in [-0.3, -0.25) is 10.1 Å². The van der Waals surface area contributed by atoms with Gasteiger partial charge in [-0.05, 0) is 33.3 Å². The molecule has 11 heteroatoms. The molecule has 0 spiro atoms. The maximum Gasteiger partial charge on any atom is 0.340 e. The molecule has 1 aromatic rings. The monoisotopic (exact) mass is 471 g/mol. The van der Waals surface area contributed by atoms with Gasteiger partial charge in [0.05, 0.1) is 48.7 Å². The third-order valence-corrected chi connectivity index (χ3v) is 4.87. The van der Waals surface area contributed by atoms with Crippen LogP contribution in [0.15, 0.2) is 41.1 Å². The molecule has 0 radical (unpaired) electrons. The Labute approximate surface area is 196 Å². The standard InChI is InChI=1S/C23H25N3O8/c1-7-34-21(29)23(12-24)17(13-9-8-10-14(11-13)26(30)31)15(19(27)32-5)16(20(28)33-6)18(23)25-22(2,3)4/h8-11,25H,7H2,1-6H3. The number of rotatable bonds is 7. The second-order valence-corrected chi connectivity index (χ2v) is 8.25. The van der Waals surface area contributed by atoms with Crippen molar-refractivity contribution in [1.82, 2.24) is 5.32 Å². The first kappa shape index (κ1) is 26.1. The Bertz CT molecular complexity index is 1150. The van der Waals surface area contributed by atoms with Crippen molar-refractivity contribution >= 4 is 29.2 Å². The summed E-state index contributed by atoms with van der Waals surface area (Å²) in [5, 5.41) is 24.8. The Morgan fingerprint density at radius 2 is 1.74 bits per heavy atom. The minimum atomic E-state index is -2.36. The fourth-order valence-electron chi connectivity index (χ4n) is 3.63.